The van der Waals surface area contributed by atoms with Crippen molar-refractivity contribution in [3.05, 3.63) is 62.7 Å². The van der Waals surface area contributed by atoms with E-state index in [1.54, 1.807) is 48.0 Å². The third kappa shape index (κ3) is 2.91. The number of nitrogens with one attached hydrogen (secondary N) is 2. The van der Waals surface area contributed by atoms with Gasteiger partial charge in [-0.3, -0.25) is 25.2 Å². The van der Waals surface area contributed by atoms with Crippen molar-refractivity contribution in [2.75, 3.05) is 0 Å². The SMILES string of the molecule is CCn1nc(C(=O)NNC(=O)c2ccsc2)c2ccccc2c1=O. The van der Waals surface area contributed by atoms with E-state index in [1.807, 2.05) is 0 Å². The van der Waals surface area contributed by atoms with E-state index >= 15 is 0 Å². The highest BCUT2D eigenvalue weighted by atomic mass is 32.1. The lowest BCUT2D eigenvalue weighted by molar-refractivity contribution is 0.0844. The maximum atomic E-state index is 12.4. The molecule has 0 saturated carbocycles. The first-order valence-electron chi connectivity index (χ1n) is 7.24. The van der Waals surface area contributed by atoms with Crippen molar-refractivity contribution in [2.24, 2.45) is 0 Å². The second-order valence-electron chi connectivity index (χ2n) is 4.94. The third-order valence-electron chi connectivity index (χ3n) is 3.46. The monoisotopic (exact) mass is 342 g/mol. The quantitative estimate of drug-likeness (QED) is 0.706. The van der Waals surface area contributed by atoms with Gasteiger partial charge in [-0.25, -0.2) is 4.68 Å². The molecule has 1 aromatic carbocycles. The molecule has 0 fully saturated rings. The number of fused-ring (bicyclic) bond motifs is 1. The molecule has 0 aliphatic rings. The van der Waals surface area contributed by atoms with Gasteiger partial charge in [0.1, 0.15) is 0 Å². The minimum atomic E-state index is -0.586. The normalized spacial score (nSPS) is 10.5. The molecular formula is C16H14N4O3S. The Morgan fingerprint density at radius 3 is 2.50 bits per heavy atom. The van der Waals surface area contributed by atoms with Crippen LogP contribution in [0.25, 0.3) is 10.8 Å². The lowest BCUT2D eigenvalue weighted by atomic mass is 10.1. The maximum Gasteiger partial charge on any atom is 0.290 e. The fourth-order valence-corrected chi connectivity index (χ4v) is 2.89. The molecular weight excluding hydrogens is 328 g/mol. The zero-order valence-corrected chi connectivity index (χ0v) is 13.6. The van der Waals surface area contributed by atoms with Crippen molar-refractivity contribution in [1.29, 1.82) is 0 Å². The van der Waals surface area contributed by atoms with Gasteiger partial charge in [0.25, 0.3) is 17.4 Å². The Balaban J connectivity index is 1.91. The van der Waals surface area contributed by atoms with Crippen LogP contribution in [0.15, 0.2) is 45.9 Å². The highest BCUT2D eigenvalue weighted by molar-refractivity contribution is 7.08. The van der Waals surface area contributed by atoms with E-state index in [-0.39, 0.29) is 11.3 Å². The zero-order chi connectivity index (χ0) is 17.1. The van der Waals surface area contributed by atoms with Gasteiger partial charge < -0.3 is 0 Å². The molecule has 2 amide bonds. The molecule has 2 aromatic heterocycles. The largest absolute Gasteiger partial charge is 0.290 e. The minimum absolute atomic E-state index is 0.0812. The molecule has 3 aromatic rings. The molecule has 122 valence electrons. The molecule has 0 bridgehead atoms. The topological polar surface area (TPSA) is 93.1 Å². The predicted molar refractivity (Wildman–Crippen MR) is 90.9 cm³/mol. The highest BCUT2D eigenvalue weighted by Crippen LogP contribution is 2.13. The second kappa shape index (κ2) is 6.63. The Kier molecular flexibility index (Phi) is 4.39. The van der Waals surface area contributed by atoms with Crippen molar-refractivity contribution in [2.45, 2.75) is 13.5 Å². The minimum Gasteiger partial charge on any atom is -0.267 e. The van der Waals surface area contributed by atoms with E-state index in [2.05, 4.69) is 16.0 Å². The number of benzene rings is 1. The summed E-state index contributed by atoms with van der Waals surface area (Å²) in [7, 11) is 0. The molecule has 0 unspecified atom stereocenters. The van der Waals surface area contributed by atoms with Crippen LogP contribution in [0.4, 0.5) is 0 Å². The standard InChI is InChI=1S/C16H14N4O3S/c1-2-20-16(23)12-6-4-3-5-11(12)13(19-20)15(22)18-17-14(21)10-7-8-24-9-10/h3-9H,2H2,1H3,(H,17,21)(H,18,22). The summed E-state index contributed by atoms with van der Waals surface area (Å²) >= 11 is 1.38. The zero-order valence-electron chi connectivity index (χ0n) is 12.8. The fraction of sp³-hybridized carbons (Fsp3) is 0.125. The lowest BCUT2D eigenvalue weighted by Crippen LogP contribution is -2.42. The Hall–Kier alpha value is -3.00. The van der Waals surface area contributed by atoms with Gasteiger partial charge in [-0.15, -0.1) is 0 Å². The molecule has 7 nitrogen and oxygen atoms in total. The van der Waals surface area contributed by atoms with Crippen LogP contribution < -0.4 is 16.4 Å². The second-order valence-corrected chi connectivity index (χ2v) is 5.72. The van der Waals surface area contributed by atoms with Gasteiger partial charge in [-0.1, -0.05) is 18.2 Å². The van der Waals surface area contributed by atoms with Crippen LogP contribution in [0, 0.1) is 0 Å². The Bertz CT molecular complexity index is 963. The van der Waals surface area contributed by atoms with Crippen LogP contribution in [-0.2, 0) is 6.54 Å². The molecule has 24 heavy (non-hydrogen) atoms. The summed E-state index contributed by atoms with van der Waals surface area (Å²) in [5, 5.41) is 8.39. The summed E-state index contributed by atoms with van der Waals surface area (Å²) in [6, 6.07) is 8.40. The smallest absolute Gasteiger partial charge is 0.267 e. The van der Waals surface area contributed by atoms with Crippen LogP contribution in [0.5, 0.6) is 0 Å². The van der Waals surface area contributed by atoms with Gasteiger partial charge in [-0.05, 0) is 24.4 Å². The molecule has 2 heterocycles. The molecule has 3 rings (SSSR count). The molecule has 8 heteroatoms. The first-order valence-corrected chi connectivity index (χ1v) is 8.19. The number of rotatable bonds is 3. The summed E-state index contributed by atoms with van der Waals surface area (Å²) in [6.45, 7) is 2.11. The number of amides is 2. The highest BCUT2D eigenvalue weighted by Gasteiger charge is 2.17. The van der Waals surface area contributed by atoms with Gasteiger partial charge in [0.2, 0.25) is 0 Å². The first-order chi connectivity index (χ1) is 11.6. The molecule has 0 saturated heterocycles. The average Bonchev–Trinajstić information content (AvgIpc) is 3.15. The van der Waals surface area contributed by atoms with E-state index in [1.165, 1.54) is 16.0 Å². The molecule has 2 N–H and O–H groups in total. The third-order valence-corrected chi connectivity index (χ3v) is 4.14. The van der Waals surface area contributed by atoms with Gasteiger partial charge in [0.15, 0.2) is 5.69 Å². The molecule has 0 aliphatic carbocycles. The summed E-state index contributed by atoms with van der Waals surface area (Å²) in [4.78, 5) is 36.6. The van der Waals surface area contributed by atoms with Gasteiger partial charge in [-0.2, -0.15) is 16.4 Å². The van der Waals surface area contributed by atoms with Gasteiger partial charge >= 0.3 is 0 Å². The van der Waals surface area contributed by atoms with Crippen LogP contribution in [0.2, 0.25) is 0 Å². The van der Waals surface area contributed by atoms with Gasteiger partial charge in [0, 0.05) is 17.3 Å². The molecule has 0 atom stereocenters. The van der Waals surface area contributed by atoms with E-state index in [0.29, 0.717) is 22.9 Å². The van der Waals surface area contributed by atoms with Crippen LogP contribution >= 0.6 is 11.3 Å². The van der Waals surface area contributed by atoms with Crippen LogP contribution in [0.1, 0.15) is 27.8 Å². The number of nitrogens with zero attached hydrogens (tertiary/aromatic N) is 2. The summed E-state index contributed by atoms with van der Waals surface area (Å²) < 4.78 is 1.22. The van der Waals surface area contributed by atoms with Gasteiger partial charge in [0.05, 0.1) is 10.9 Å². The fourth-order valence-electron chi connectivity index (χ4n) is 2.26. The average molecular weight is 342 g/mol. The molecule has 0 radical (unpaired) electrons. The lowest BCUT2D eigenvalue weighted by Gasteiger charge is -2.10. The maximum absolute atomic E-state index is 12.4. The number of hydrogen-bond donors (Lipinski definition) is 2. The summed E-state index contributed by atoms with van der Waals surface area (Å²) in [5.74, 6) is -1.00. The summed E-state index contributed by atoms with van der Waals surface area (Å²) in [6.07, 6.45) is 0. The number of hydrogen-bond acceptors (Lipinski definition) is 5. The molecule has 0 aliphatic heterocycles. The van der Waals surface area contributed by atoms with Crippen molar-refractivity contribution < 1.29 is 9.59 Å². The van der Waals surface area contributed by atoms with Crippen molar-refractivity contribution in [3.8, 4) is 0 Å². The number of aryl methyl sites for hydroxylation is 1. The number of hydrazine groups is 1. The van der Waals surface area contributed by atoms with E-state index in [9.17, 15) is 14.4 Å². The Labute approximate surface area is 140 Å². The number of aromatic nitrogens is 2. The first kappa shape index (κ1) is 15.9. The number of carbonyl (C=O) groups excluding carboxylic acids is 2. The van der Waals surface area contributed by atoms with E-state index in [4.69, 9.17) is 0 Å². The Morgan fingerprint density at radius 2 is 1.83 bits per heavy atom. The van der Waals surface area contributed by atoms with Crippen molar-refractivity contribution in [3.63, 3.8) is 0 Å². The van der Waals surface area contributed by atoms with E-state index < -0.39 is 11.8 Å². The summed E-state index contributed by atoms with van der Waals surface area (Å²) in [5.41, 5.74) is 4.96. The van der Waals surface area contributed by atoms with Crippen LogP contribution in [0.3, 0.4) is 0 Å². The molecule has 0 spiro atoms. The predicted octanol–water partition coefficient (Wildman–Crippen LogP) is 1.55. The van der Waals surface area contributed by atoms with Crippen molar-refractivity contribution in [1.82, 2.24) is 20.6 Å². The van der Waals surface area contributed by atoms with Crippen LogP contribution in [-0.4, -0.2) is 21.6 Å². The Morgan fingerprint density at radius 1 is 1.12 bits per heavy atom. The number of carbonyl (C=O) groups is 2. The number of thiophene rings is 1. The van der Waals surface area contributed by atoms with E-state index in [0.717, 1.165) is 0 Å². The van der Waals surface area contributed by atoms with Crippen molar-refractivity contribution >= 4 is 33.9 Å².